The Morgan fingerprint density at radius 3 is 2.67 bits per heavy atom. The Kier molecular flexibility index (Phi) is 5.36. The van der Waals surface area contributed by atoms with Crippen molar-refractivity contribution in [3.63, 3.8) is 0 Å². The van der Waals surface area contributed by atoms with E-state index in [0.717, 1.165) is 16.6 Å². The van der Waals surface area contributed by atoms with Gasteiger partial charge >= 0.3 is 5.69 Å². The van der Waals surface area contributed by atoms with E-state index in [1.54, 1.807) is 16.7 Å². The maximum absolute atomic E-state index is 14.0. The van der Waals surface area contributed by atoms with Crippen LogP contribution in [-0.4, -0.2) is 26.1 Å². The summed E-state index contributed by atoms with van der Waals surface area (Å²) in [7, 11) is 0. The van der Waals surface area contributed by atoms with Crippen LogP contribution < -0.4 is 16.6 Å². The van der Waals surface area contributed by atoms with Gasteiger partial charge in [0.1, 0.15) is 5.82 Å². The van der Waals surface area contributed by atoms with Gasteiger partial charge in [-0.2, -0.15) is 4.98 Å². The summed E-state index contributed by atoms with van der Waals surface area (Å²) < 4.78 is 15.8. The van der Waals surface area contributed by atoms with Gasteiger partial charge in [0.05, 0.1) is 11.0 Å². The first kappa shape index (κ1) is 20.2. The van der Waals surface area contributed by atoms with Crippen LogP contribution >= 0.6 is 11.6 Å². The van der Waals surface area contributed by atoms with Crippen LogP contribution in [0, 0.1) is 19.7 Å². The second kappa shape index (κ2) is 7.97. The third-order valence-electron chi connectivity index (χ3n) is 5.07. The first-order valence-corrected chi connectivity index (χ1v) is 9.78. The Balaban J connectivity index is 1.69. The van der Waals surface area contributed by atoms with Crippen LogP contribution in [0.3, 0.4) is 0 Å². The standard InChI is InChI=1S/C21H19ClFN5O2/c1-11-7-16-17(8-12(11)2)28(19-18(25-16)20(29)27-21(30)26-19)6-5-24-10-13-3-4-14(22)9-15(13)23/h3-4,7-9,24H,5-6,10H2,1-2H3,(H,27,29,30). The summed E-state index contributed by atoms with van der Waals surface area (Å²) in [6.07, 6.45) is 0. The van der Waals surface area contributed by atoms with E-state index in [-0.39, 0.29) is 17.3 Å². The number of aromatic nitrogens is 4. The molecule has 0 fully saturated rings. The summed E-state index contributed by atoms with van der Waals surface area (Å²) in [5, 5.41) is 3.52. The minimum Gasteiger partial charge on any atom is -0.321 e. The number of benzene rings is 2. The van der Waals surface area contributed by atoms with Gasteiger partial charge in [-0.25, -0.2) is 14.2 Å². The molecule has 154 valence electrons. The molecule has 0 unspecified atom stereocenters. The van der Waals surface area contributed by atoms with E-state index in [4.69, 9.17) is 11.6 Å². The molecule has 0 saturated carbocycles. The Hall–Kier alpha value is -3.10. The number of aromatic amines is 1. The zero-order valence-electron chi connectivity index (χ0n) is 16.4. The molecular weight excluding hydrogens is 409 g/mol. The van der Waals surface area contributed by atoms with E-state index < -0.39 is 11.2 Å². The summed E-state index contributed by atoms with van der Waals surface area (Å²) in [6, 6.07) is 8.41. The third-order valence-corrected chi connectivity index (χ3v) is 5.30. The molecule has 0 bridgehead atoms. The zero-order valence-corrected chi connectivity index (χ0v) is 17.2. The van der Waals surface area contributed by atoms with Crippen molar-refractivity contribution in [2.24, 2.45) is 0 Å². The highest BCUT2D eigenvalue weighted by atomic mass is 35.5. The van der Waals surface area contributed by atoms with Crippen LogP contribution in [0.15, 0.2) is 39.9 Å². The van der Waals surface area contributed by atoms with Crippen molar-refractivity contribution in [3.05, 3.63) is 78.7 Å². The van der Waals surface area contributed by atoms with E-state index in [9.17, 15) is 14.0 Å². The highest BCUT2D eigenvalue weighted by molar-refractivity contribution is 6.30. The molecule has 9 heteroatoms. The lowest BCUT2D eigenvalue weighted by Crippen LogP contribution is -2.30. The summed E-state index contributed by atoms with van der Waals surface area (Å²) in [5.41, 5.74) is 2.81. The molecule has 0 atom stereocenters. The number of fused-ring (bicyclic) bond motifs is 2. The Morgan fingerprint density at radius 1 is 1.13 bits per heavy atom. The molecule has 4 rings (SSSR count). The van der Waals surface area contributed by atoms with Gasteiger partial charge in [-0.15, -0.1) is 0 Å². The van der Waals surface area contributed by atoms with Crippen molar-refractivity contribution in [1.29, 1.82) is 0 Å². The normalized spacial score (nSPS) is 11.5. The van der Waals surface area contributed by atoms with Gasteiger partial charge in [-0.1, -0.05) is 17.7 Å². The third kappa shape index (κ3) is 3.83. The van der Waals surface area contributed by atoms with E-state index in [1.807, 2.05) is 26.0 Å². The molecule has 2 heterocycles. The quantitative estimate of drug-likeness (QED) is 0.377. The van der Waals surface area contributed by atoms with Gasteiger partial charge in [-0.3, -0.25) is 9.78 Å². The van der Waals surface area contributed by atoms with Crippen LogP contribution in [0.2, 0.25) is 5.02 Å². The predicted octanol–water partition coefficient (Wildman–Crippen LogP) is 2.78. The van der Waals surface area contributed by atoms with Crippen molar-refractivity contribution >= 4 is 22.6 Å². The number of hydrogen-bond donors (Lipinski definition) is 2. The average molecular weight is 428 g/mol. The summed E-state index contributed by atoms with van der Waals surface area (Å²) >= 11 is 5.79. The molecule has 30 heavy (non-hydrogen) atoms. The molecular formula is C21H19ClFN5O2. The molecule has 2 aliphatic heterocycles. The number of halogens is 2. The predicted molar refractivity (Wildman–Crippen MR) is 114 cm³/mol. The SMILES string of the molecule is Cc1cc2nc3c(=O)[nH]c(=O)nc-3n(CCNCc3ccc(Cl)cc3F)c2cc1C. The van der Waals surface area contributed by atoms with E-state index >= 15 is 0 Å². The maximum atomic E-state index is 14.0. The van der Waals surface area contributed by atoms with Gasteiger partial charge in [-0.05, 0) is 49.2 Å². The fourth-order valence-electron chi connectivity index (χ4n) is 3.36. The van der Waals surface area contributed by atoms with Crippen LogP contribution in [0.1, 0.15) is 16.7 Å². The van der Waals surface area contributed by atoms with Crippen molar-refractivity contribution in [1.82, 2.24) is 24.8 Å². The fourth-order valence-corrected chi connectivity index (χ4v) is 3.51. The maximum Gasteiger partial charge on any atom is 0.349 e. The number of nitrogens with zero attached hydrogens (tertiary/aromatic N) is 3. The Bertz CT molecular complexity index is 1350. The highest BCUT2D eigenvalue weighted by Crippen LogP contribution is 2.23. The molecule has 2 aromatic carbocycles. The van der Waals surface area contributed by atoms with Gasteiger partial charge < -0.3 is 9.88 Å². The summed E-state index contributed by atoms with van der Waals surface area (Å²) in [5.74, 6) is -0.156. The van der Waals surface area contributed by atoms with Gasteiger partial charge in [0.25, 0.3) is 5.56 Å². The number of H-pyrrole nitrogens is 1. The second-order valence-electron chi connectivity index (χ2n) is 7.14. The topological polar surface area (TPSA) is 92.7 Å². The number of aryl methyl sites for hydroxylation is 2. The molecule has 2 N–H and O–H groups in total. The lowest BCUT2D eigenvalue weighted by atomic mass is 10.1. The van der Waals surface area contributed by atoms with Crippen molar-refractivity contribution in [3.8, 4) is 11.5 Å². The second-order valence-corrected chi connectivity index (χ2v) is 7.58. The van der Waals surface area contributed by atoms with Crippen LogP contribution in [-0.2, 0) is 13.1 Å². The average Bonchev–Trinajstić information content (AvgIpc) is 2.68. The summed E-state index contributed by atoms with van der Waals surface area (Å²) in [4.78, 5) is 34.7. The molecule has 0 radical (unpaired) electrons. The Morgan fingerprint density at radius 2 is 1.90 bits per heavy atom. The first-order valence-electron chi connectivity index (χ1n) is 9.40. The summed E-state index contributed by atoms with van der Waals surface area (Å²) in [6.45, 7) is 5.12. The molecule has 7 nitrogen and oxygen atoms in total. The van der Waals surface area contributed by atoms with Crippen molar-refractivity contribution in [2.75, 3.05) is 6.54 Å². The highest BCUT2D eigenvalue weighted by Gasteiger charge is 2.19. The van der Waals surface area contributed by atoms with E-state index in [2.05, 4.69) is 20.3 Å². The minimum atomic E-state index is -0.720. The van der Waals surface area contributed by atoms with E-state index in [1.165, 1.54) is 6.07 Å². The zero-order chi connectivity index (χ0) is 21.4. The lowest BCUT2D eigenvalue weighted by molar-refractivity contribution is 0.567. The molecule has 0 amide bonds. The van der Waals surface area contributed by atoms with Crippen LogP contribution in [0.25, 0.3) is 22.6 Å². The monoisotopic (exact) mass is 427 g/mol. The lowest BCUT2D eigenvalue weighted by Gasteiger charge is -2.18. The first-order chi connectivity index (χ1) is 14.3. The molecule has 0 aromatic heterocycles. The van der Waals surface area contributed by atoms with Crippen molar-refractivity contribution < 1.29 is 4.39 Å². The number of hydrogen-bond acceptors (Lipinski definition) is 5. The van der Waals surface area contributed by atoms with Crippen LogP contribution in [0.5, 0.6) is 0 Å². The van der Waals surface area contributed by atoms with Crippen molar-refractivity contribution in [2.45, 2.75) is 26.9 Å². The minimum absolute atomic E-state index is 0.106. The Labute approximate surface area is 175 Å². The van der Waals surface area contributed by atoms with Gasteiger partial charge in [0.2, 0.25) is 0 Å². The molecule has 0 spiro atoms. The number of nitrogens with one attached hydrogen (secondary N) is 2. The molecule has 0 aliphatic carbocycles. The molecule has 2 aliphatic rings. The largest absolute Gasteiger partial charge is 0.349 e. The van der Waals surface area contributed by atoms with E-state index in [0.29, 0.717) is 35.7 Å². The van der Waals surface area contributed by atoms with Gasteiger partial charge in [0.15, 0.2) is 11.5 Å². The van der Waals surface area contributed by atoms with Gasteiger partial charge in [0, 0.05) is 30.2 Å². The number of rotatable bonds is 5. The smallest absolute Gasteiger partial charge is 0.321 e. The van der Waals surface area contributed by atoms with Crippen LogP contribution in [0.4, 0.5) is 4.39 Å². The molecule has 2 aromatic rings. The molecule has 0 saturated heterocycles. The fraction of sp³-hybridized carbons (Fsp3) is 0.238.